The van der Waals surface area contributed by atoms with Crippen molar-refractivity contribution in [2.24, 2.45) is 28.8 Å². The van der Waals surface area contributed by atoms with Crippen molar-refractivity contribution < 1.29 is 102 Å². The van der Waals surface area contributed by atoms with Crippen LogP contribution in [0.4, 0.5) is 0 Å². The SMILES string of the molecule is CC(C)(C)[Si](C)(C)Cl.CC1=CC([C@H](C)NP)OC1=O.CCC(=O)/C(C)=C\C(=O)[C@H](C)NP.COC(=O)[C@H](C)NP.C[C@@H](CO)C[C@@H](O)[C@H](C)NP.C[C@@H](CO[Si](C)(C)C(C)(C)C)C[C@@H](O)[C@H](C)NP.C[C@@H](CO[Si](C)(C)C(C)(C)C)C[C@H](N=[N+]=[N-])[C@H](C)NP.C[C@@H]1C[C@H]([C@H](C)NP)OC1=O.C[C@H](NP)C(=O)CP(C)(C)=O.C[C@H](NP)C(=O)O.[CH3-].[Pd]. The van der Waals surface area contributed by atoms with Crippen LogP contribution in [0.1, 0.15) is 205 Å². The molecular weight excluding hydrogens is 1890 g/mol. The van der Waals surface area contributed by atoms with Crippen LogP contribution >= 0.6 is 103 Å². The predicted molar refractivity (Wildman–Crippen MR) is 540 cm³/mol. The zero-order valence-electron chi connectivity index (χ0n) is 79.7. The molecule has 0 bridgehead atoms. The molecule has 2 aliphatic heterocycles. The first-order valence-electron chi connectivity index (χ1n) is 39.9. The number of hydrogen-bond acceptors (Lipinski definition) is 26. The smallest absolute Gasteiger partial charge is 0.334 e. The first-order chi connectivity index (χ1) is 53.5. The van der Waals surface area contributed by atoms with Gasteiger partial charge < -0.3 is 55.5 Å². The molecular formula is C76H174ClN12O17P10PdSi3-. The van der Waals surface area contributed by atoms with E-state index in [1.807, 2.05) is 54.5 Å². The zero-order chi connectivity index (χ0) is 95.2. The van der Waals surface area contributed by atoms with Crippen molar-refractivity contribution in [3.05, 3.63) is 41.2 Å². The average Bonchev–Trinajstić information content (AvgIpc) is 1.29. The molecule has 0 amide bonds. The van der Waals surface area contributed by atoms with E-state index in [1.54, 1.807) is 61.8 Å². The van der Waals surface area contributed by atoms with E-state index in [0.717, 1.165) is 32.5 Å². The Balaban J connectivity index is -0.000000142. The summed E-state index contributed by atoms with van der Waals surface area (Å²) in [5.74, 6) is -0.409. The molecule has 720 valence electrons. The molecule has 1 saturated heterocycles. The van der Waals surface area contributed by atoms with E-state index < -0.39 is 43.2 Å². The number of methoxy groups -OCH3 is 1. The molecule has 29 nitrogen and oxygen atoms in total. The maximum absolute atomic E-state index is 11.3. The molecule has 0 aromatic rings. The molecule has 0 aromatic heterocycles. The number of aliphatic hydroxyl groups excluding tert-OH is 3. The molecule has 1 fully saturated rings. The van der Waals surface area contributed by atoms with E-state index in [0.29, 0.717) is 40.9 Å². The number of carboxylic acid groups (broad SMARTS) is 1. The Bertz CT molecular complexity index is 2940. The number of rotatable bonds is 37. The molecule has 0 spiro atoms. The summed E-state index contributed by atoms with van der Waals surface area (Å²) in [6.07, 6.45) is 6.19. The molecule has 10 unspecified atom stereocenters. The van der Waals surface area contributed by atoms with E-state index in [-0.39, 0.29) is 177 Å². The first-order valence-corrected chi connectivity index (χ1v) is 57.7. The van der Waals surface area contributed by atoms with Gasteiger partial charge in [-0.05, 0) is 197 Å². The van der Waals surface area contributed by atoms with E-state index in [4.69, 9.17) is 45.1 Å². The molecule has 2 heterocycles. The molecule has 0 aliphatic carbocycles. The number of aliphatic carboxylic acids is 1. The van der Waals surface area contributed by atoms with Crippen molar-refractivity contribution >= 4 is 168 Å². The first kappa shape index (κ1) is 141. The molecule has 0 saturated carbocycles. The van der Waals surface area contributed by atoms with Crippen LogP contribution in [0.5, 0.6) is 0 Å². The zero-order valence-corrected chi connectivity index (χ0v) is 96.3. The van der Waals surface area contributed by atoms with E-state index in [9.17, 15) is 48.3 Å². The molecule has 27 atom stereocenters. The molecule has 13 N–H and O–H groups in total. The number of hydrogen-bond donors (Lipinski definition) is 13. The predicted octanol–water partition coefficient (Wildman–Crippen LogP) is 14.8. The van der Waals surface area contributed by atoms with Crippen LogP contribution in [0.3, 0.4) is 0 Å². The van der Waals surface area contributed by atoms with E-state index in [2.05, 4.69) is 261 Å². The standard InChI is InChI=1S/C13H31N4OPSi.C13H32NO2PSi.C9H16NO2P.C7H14NO2P.C7H12NO2P.C7H18NO2P.C6H15ClSi.C6H15NO2P2.C4H10NO2P.C3H8NO2P.CH3.Pd/c1-10(8-12(15-17-14)11(2)16-19)9-18-20(6,7)13(3,4)5;1-10(8-12(15)11(2)14-17)9-16-18(6,7)13(3,4)5;1-4-8(11)6(2)5-9(12)7(3)10-13;2*1-4-3-6(5(2)8-11)10-7(4)9;1-5(4-9)3-7(10)6(2)8-11;1-6(2,3)8(4,5)7;1-5(7-10)6(8)4-11(2,3)9;1-3(5-8)4(6)7-2;1-2(4-7)3(5)6;;/h10-12,16H,8-9,19H2,1-7H3;10-12,14-15H,8-9,17H2,1-7H3;5,7,10H,4,13H2,1-3H3;4-6,8H,3,11H2,1-2H3;3,5-6,8H,11H2,1-2H3;5-10H,3-4,11H2,1-2H3;1-5H3;5,7H,4,10H2,1-3H3;3,5H,8H2,1-2H3;2,4H,7H2,1H3,(H,5,6);1H3;/q;;;;;;;;;;-1;/b;;6-5-;;;;;;;;;/t10-,11+,12+;10-,11+,12-;7-;4-,5+,6-;5-,6?;5-,6+,7-;;5-;3-;2-;;/m110101.000../s1. The van der Waals surface area contributed by atoms with Crippen LogP contribution in [0.25, 0.3) is 10.4 Å². The van der Waals surface area contributed by atoms with Gasteiger partial charge in [0, 0.05) is 87.4 Å². The fourth-order valence-corrected chi connectivity index (χ4v) is 12.5. The summed E-state index contributed by atoms with van der Waals surface area (Å²) in [7, 11) is 15.5. The number of halogens is 1. The molecule has 0 aromatic carbocycles. The summed E-state index contributed by atoms with van der Waals surface area (Å²) in [6, 6.07) is -0.524. The van der Waals surface area contributed by atoms with Crippen LogP contribution < -0.4 is 45.8 Å². The Morgan fingerprint density at radius 1 is 0.650 bits per heavy atom. The summed E-state index contributed by atoms with van der Waals surface area (Å²) >= 11 is 6.15. The number of ether oxygens (including phenoxy) is 3. The summed E-state index contributed by atoms with van der Waals surface area (Å²) in [6.45, 7) is 68.3. The number of azide groups is 1. The van der Waals surface area contributed by atoms with Gasteiger partial charge in [0.05, 0.1) is 56.7 Å². The van der Waals surface area contributed by atoms with Gasteiger partial charge in [0.1, 0.15) is 24.3 Å². The third-order valence-electron chi connectivity index (χ3n) is 20.1. The van der Waals surface area contributed by atoms with Gasteiger partial charge in [-0.1, -0.05) is 200 Å². The number of nitrogens with zero attached hydrogens (tertiary/aromatic N) is 3. The second kappa shape index (κ2) is 74.4. The van der Waals surface area contributed by atoms with Crippen molar-refractivity contribution in [1.82, 2.24) is 45.8 Å². The van der Waals surface area contributed by atoms with Crippen LogP contribution in [-0.2, 0) is 81.6 Å². The number of carbonyl (C=O) groups is 7. The third-order valence-corrected chi connectivity index (χ3v) is 40.1. The minimum atomic E-state index is -2.19. The van der Waals surface area contributed by atoms with E-state index in [1.165, 1.54) is 13.2 Å². The van der Waals surface area contributed by atoms with Crippen LogP contribution in [0, 0.1) is 31.1 Å². The van der Waals surface area contributed by atoms with Gasteiger partial charge in [-0.15, -0.1) is 0 Å². The van der Waals surface area contributed by atoms with Gasteiger partial charge in [0.2, 0.25) is 0 Å². The number of allylic oxidation sites excluding steroid dienone is 1. The number of nitrogens with one attached hydrogen (secondary N) is 9. The minimum absolute atomic E-state index is 0. The van der Waals surface area contributed by atoms with Crippen molar-refractivity contribution in [2.45, 2.75) is 344 Å². The number of ketones is 3. The van der Waals surface area contributed by atoms with Crippen molar-refractivity contribution in [2.75, 3.05) is 46.4 Å². The Kier molecular flexibility index (Phi) is 87.5. The van der Waals surface area contributed by atoms with Crippen LogP contribution in [0.2, 0.25) is 54.4 Å². The second-order valence-electron chi connectivity index (χ2n) is 35.2. The Labute approximate surface area is 771 Å². The normalized spacial score (nSPS) is 18.3. The fraction of sp³-hybridized carbons (Fsp3) is 0.842. The summed E-state index contributed by atoms with van der Waals surface area (Å²) in [4.78, 5) is 78.6. The van der Waals surface area contributed by atoms with Crippen molar-refractivity contribution in [3.63, 3.8) is 0 Å². The van der Waals surface area contributed by atoms with Gasteiger partial charge in [0.25, 0.3) is 0 Å². The van der Waals surface area contributed by atoms with Gasteiger partial charge >= 0.3 is 23.9 Å². The van der Waals surface area contributed by atoms with Gasteiger partial charge in [-0.2, -0.15) is 11.1 Å². The minimum Gasteiger partial charge on any atom is -0.480 e. The van der Waals surface area contributed by atoms with Gasteiger partial charge in [0.15, 0.2) is 41.4 Å². The summed E-state index contributed by atoms with van der Waals surface area (Å²) < 4.78 is 38.1. The quantitative estimate of drug-likeness (QED) is 0.00262. The molecule has 2 aliphatic rings. The third kappa shape index (κ3) is 71.6. The summed E-state index contributed by atoms with van der Waals surface area (Å²) in [5.41, 5.74) is 9.88. The number of aliphatic hydroxyl groups is 3. The number of cyclic esters (lactones) is 2. The number of carbonyl (C=O) groups excluding carboxylic acids is 6. The largest absolute Gasteiger partial charge is 0.480 e. The monoisotopic (exact) mass is 2060 g/mol. The maximum Gasteiger partial charge on any atom is 0.334 e. The molecule has 2 rings (SSSR count). The van der Waals surface area contributed by atoms with Crippen LogP contribution in [-0.4, -0.2) is 217 Å². The van der Waals surface area contributed by atoms with Crippen molar-refractivity contribution in [3.8, 4) is 0 Å². The topological polar surface area (TPSA) is 421 Å². The van der Waals surface area contributed by atoms with Crippen LogP contribution in [0.15, 0.2) is 28.4 Å². The molecule has 0 radical (unpaired) electrons. The Morgan fingerprint density at radius 3 is 1.29 bits per heavy atom. The van der Waals surface area contributed by atoms with Gasteiger partial charge in [-0.25, -0.2) is 4.79 Å². The van der Waals surface area contributed by atoms with Crippen molar-refractivity contribution in [1.29, 1.82) is 0 Å². The Hall–Kier alpha value is 0.823. The van der Waals surface area contributed by atoms with E-state index >= 15 is 0 Å². The number of esters is 3. The summed E-state index contributed by atoms with van der Waals surface area (Å²) in [5, 5.41) is 66.4. The Morgan fingerprint density at radius 2 is 1.03 bits per heavy atom. The maximum atomic E-state index is 11.3. The number of carboxylic acids is 1. The second-order valence-corrected chi connectivity index (χ2v) is 58.6. The molecule has 44 heteroatoms. The molecule has 120 heavy (non-hydrogen) atoms. The average molecular weight is 2060 g/mol. The van der Waals surface area contributed by atoms with Gasteiger partial charge in [-0.3, -0.25) is 74.6 Å². The number of Topliss-reactive ketones (excluding diaryl/α,β-unsaturated/α-hetero) is 2. The fourth-order valence-electron chi connectivity index (χ4n) is 7.52.